The molecule has 0 spiro atoms. The van der Waals surface area contributed by atoms with Crippen LogP contribution in [0.3, 0.4) is 0 Å². The molecule has 1 aliphatic rings. The first-order chi connectivity index (χ1) is 8.99. The fourth-order valence-corrected chi connectivity index (χ4v) is 2.18. The van der Waals surface area contributed by atoms with Gasteiger partial charge in [0.05, 0.1) is 18.7 Å². The lowest BCUT2D eigenvalue weighted by atomic mass is 10.1. The Labute approximate surface area is 117 Å². The molecule has 19 heavy (non-hydrogen) atoms. The Kier molecular flexibility index (Phi) is 4.16. The normalized spacial score (nSPS) is 19.3. The lowest BCUT2D eigenvalue weighted by Crippen LogP contribution is -2.48. The molecule has 102 valence electrons. The molecule has 7 heteroatoms. The zero-order valence-corrected chi connectivity index (χ0v) is 11.4. The van der Waals surface area contributed by atoms with Crippen LogP contribution in [0.5, 0.6) is 0 Å². The molecule has 1 saturated heterocycles. The number of morpholine rings is 1. The number of carbonyl (C=O) groups excluding carboxylic acids is 1. The second-order valence-electron chi connectivity index (χ2n) is 4.07. The Bertz CT molecular complexity index is 522. The first-order valence-corrected chi connectivity index (χ1v) is 6.37. The second-order valence-corrected chi connectivity index (χ2v) is 4.99. The molecule has 0 radical (unpaired) electrons. The minimum absolute atomic E-state index is 0.0830. The predicted molar refractivity (Wildman–Crippen MR) is 67.4 cm³/mol. The largest absolute Gasteiger partial charge is 0.479 e. The number of carboxylic acids is 1. The highest BCUT2D eigenvalue weighted by Crippen LogP contribution is 2.18. The maximum Gasteiger partial charge on any atom is 0.334 e. The van der Waals surface area contributed by atoms with Gasteiger partial charge in [0.15, 0.2) is 6.10 Å². The number of aliphatic carboxylic acids is 1. The number of halogens is 2. The van der Waals surface area contributed by atoms with Crippen LogP contribution in [0, 0.1) is 5.82 Å². The van der Waals surface area contributed by atoms with Gasteiger partial charge < -0.3 is 14.7 Å². The number of rotatable bonds is 2. The van der Waals surface area contributed by atoms with Crippen LogP contribution in [-0.4, -0.2) is 47.7 Å². The Morgan fingerprint density at radius 3 is 2.89 bits per heavy atom. The van der Waals surface area contributed by atoms with E-state index in [1.54, 1.807) is 0 Å². The number of benzene rings is 1. The Morgan fingerprint density at radius 2 is 2.21 bits per heavy atom. The summed E-state index contributed by atoms with van der Waals surface area (Å²) in [6, 6.07) is 4.06. The quantitative estimate of drug-likeness (QED) is 0.892. The van der Waals surface area contributed by atoms with Gasteiger partial charge in [0.2, 0.25) is 0 Å². The molecule has 1 fully saturated rings. The van der Waals surface area contributed by atoms with Crippen molar-refractivity contribution < 1.29 is 23.8 Å². The lowest BCUT2D eigenvalue weighted by Gasteiger charge is -2.31. The van der Waals surface area contributed by atoms with Crippen molar-refractivity contribution in [3.8, 4) is 0 Å². The Hall–Kier alpha value is -1.47. The molecule has 0 bridgehead atoms. The first kappa shape index (κ1) is 14.0. The molecule has 0 unspecified atom stereocenters. The van der Waals surface area contributed by atoms with E-state index in [9.17, 15) is 14.0 Å². The van der Waals surface area contributed by atoms with Crippen LogP contribution in [0.2, 0.25) is 0 Å². The third-order valence-electron chi connectivity index (χ3n) is 2.79. The minimum atomic E-state index is -1.13. The molecule has 2 rings (SSSR count). The van der Waals surface area contributed by atoms with Crippen LogP contribution in [0.4, 0.5) is 4.39 Å². The summed E-state index contributed by atoms with van der Waals surface area (Å²) in [6.07, 6.45) is -1.06. The molecule has 1 atom stereocenters. The maximum atomic E-state index is 13.6. The van der Waals surface area contributed by atoms with Crippen molar-refractivity contribution in [3.05, 3.63) is 34.1 Å². The Morgan fingerprint density at radius 1 is 1.47 bits per heavy atom. The third-order valence-corrected chi connectivity index (χ3v) is 3.28. The average Bonchev–Trinajstić information content (AvgIpc) is 2.41. The van der Waals surface area contributed by atoms with E-state index in [4.69, 9.17) is 9.84 Å². The molecule has 1 N–H and O–H groups in total. The lowest BCUT2D eigenvalue weighted by molar-refractivity contribution is -0.154. The molecular weight excluding hydrogens is 321 g/mol. The SMILES string of the molecule is O=C(O)[C@@H]1CN(C(=O)c2cc(Br)ccc2F)CCO1. The number of carboxylic acid groups (broad SMARTS) is 1. The summed E-state index contributed by atoms with van der Waals surface area (Å²) in [7, 11) is 0. The molecule has 1 aromatic carbocycles. The third kappa shape index (κ3) is 3.10. The van der Waals surface area contributed by atoms with E-state index in [0.717, 1.165) is 0 Å². The standard InChI is InChI=1S/C12H11BrFNO4/c13-7-1-2-9(14)8(5-7)11(16)15-3-4-19-10(6-15)12(17)18/h1-2,5,10H,3-4,6H2,(H,17,18)/t10-/m0/s1. The van der Waals surface area contributed by atoms with Crippen LogP contribution >= 0.6 is 15.9 Å². The van der Waals surface area contributed by atoms with Crippen LogP contribution in [0.15, 0.2) is 22.7 Å². The van der Waals surface area contributed by atoms with E-state index in [-0.39, 0.29) is 25.3 Å². The monoisotopic (exact) mass is 331 g/mol. The fraction of sp³-hybridized carbons (Fsp3) is 0.333. The van der Waals surface area contributed by atoms with Crippen molar-refractivity contribution in [2.24, 2.45) is 0 Å². The predicted octanol–water partition coefficient (Wildman–Crippen LogP) is 1.51. The van der Waals surface area contributed by atoms with Gasteiger partial charge in [-0.25, -0.2) is 9.18 Å². The smallest absolute Gasteiger partial charge is 0.334 e. The van der Waals surface area contributed by atoms with Gasteiger partial charge in [-0.15, -0.1) is 0 Å². The van der Waals surface area contributed by atoms with Crippen molar-refractivity contribution in [2.45, 2.75) is 6.10 Å². The summed E-state index contributed by atoms with van der Waals surface area (Å²) in [5.74, 6) is -2.30. The van der Waals surface area contributed by atoms with Crippen LogP contribution in [0.25, 0.3) is 0 Å². The topological polar surface area (TPSA) is 66.8 Å². The van der Waals surface area contributed by atoms with Crippen LogP contribution < -0.4 is 0 Å². The van der Waals surface area contributed by atoms with E-state index in [1.807, 2.05) is 0 Å². The highest BCUT2D eigenvalue weighted by molar-refractivity contribution is 9.10. The minimum Gasteiger partial charge on any atom is -0.479 e. The maximum absolute atomic E-state index is 13.6. The number of nitrogens with zero attached hydrogens (tertiary/aromatic N) is 1. The Balaban J connectivity index is 2.19. The van der Waals surface area contributed by atoms with Gasteiger partial charge in [-0.1, -0.05) is 15.9 Å². The summed E-state index contributed by atoms with van der Waals surface area (Å²) < 4.78 is 19.2. The number of hydrogen-bond donors (Lipinski definition) is 1. The number of carbonyl (C=O) groups is 2. The van der Waals surface area contributed by atoms with Crippen LogP contribution in [0.1, 0.15) is 10.4 Å². The zero-order valence-electron chi connectivity index (χ0n) is 9.81. The van der Waals surface area contributed by atoms with E-state index >= 15 is 0 Å². The molecule has 0 aromatic heterocycles. The van der Waals surface area contributed by atoms with Gasteiger partial charge in [0.25, 0.3) is 5.91 Å². The van der Waals surface area contributed by atoms with Crippen molar-refractivity contribution in [2.75, 3.05) is 19.7 Å². The van der Waals surface area contributed by atoms with Crippen LogP contribution in [-0.2, 0) is 9.53 Å². The van der Waals surface area contributed by atoms with Gasteiger partial charge in [-0.05, 0) is 18.2 Å². The van der Waals surface area contributed by atoms with E-state index < -0.39 is 23.8 Å². The van der Waals surface area contributed by atoms with E-state index in [1.165, 1.54) is 23.1 Å². The van der Waals surface area contributed by atoms with Crippen molar-refractivity contribution in [3.63, 3.8) is 0 Å². The molecular formula is C12H11BrFNO4. The van der Waals surface area contributed by atoms with Crippen molar-refractivity contribution in [1.29, 1.82) is 0 Å². The van der Waals surface area contributed by atoms with Crippen molar-refractivity contribution in [1.82, 2.24) is 4.90 Å². The van der Waals surface area contributed by atoms with E-state index in [2.05, 4.69) is 15.9 Å². The molecule has 1 amide bonds. The second kappa shape index (κ2) is 5.66. The number of hydrogen-bond acceptors (Lipinski definition) is 3. The van der Waals surface area contributed by atoms with Crippen molar-refractivity contribution >= 4 is 27.8 Å². The summed E-state index contributed by atoms with van der Waals surface area (Å²) in [4.78, 5) is 24.3. The summed E-state index contributed by atoms with van der Waals surface area (Å²) in [5.41, 5.74) is -0.0830. The van der Waals surface area contributed by atoms with Gasteiger partial charge in [0, 0.05) is 11.0 Å². The van der Waals surface area contributed by atoms with Gasteiger partial charge in [0.1, 0.15) is 5.82 Å². The van der Waals surface area contributed by atoms with Gasteiger partial charge >= 0.3 is 5.97 Å². The molecule has 1 aliphatic heterocycles. The summed E-state index contributed by atoms with van der Waals surface area (Å²) in [6.45, 7) is 0.285. The highest BCUT2D eigenvalue weighted by Gasteiger charge is 2.30. The summed E-state index contributed by atoms with van der Waals surface area (Å²) in [5, 5.41) is 8.86. The molecule has 1 heterocycles. The van der Waals surface area contributed by atoms with E-state index in [0.29, 0.717) is 4.47 Å². The average molecular weight is 332 g/mol. The molecule has 1 aromatic rings. The van der Waals surface area contributed by atoms with Gasteiger partial charge in [-0.3, -0.25) is 4.79 Å². The molecule has 0 saturated carbocycles. The highest BCUT2D eigenvalue weighted by atomic mass is 79.9. The number of amides is 1. The van der Waals surface area contributed by atoms with Gasteiger partial charge in [-0.2, -0.15) is 0 Å². The molecule has 5 nitrogen and oxygen atoms in total. The number of ether oxygens (including phenoxy) is 1. The zero-order chi connectivity index (χ0) is 14.0. The fourth-order valence-electron chi connectivity index (χ4n) is 1.81. The summed E-state index contributed by atoms with van der Waals surface area (Å²) >= 11 is 3.17. The molecule has 0 aliphatic carbocycles. The first-order valence-electron chi connectivity index (χ1n) is 5.58.